The summed E-state index contributed by atoms with van der Waals surface area (Å²) in [6, 6.07) is 0.0125. The highest BCUT2D eigenvalue weighted by Crippen LogP contribution is 2.06. The van der Waals surface area contributed by atoms with E-state index in [1.807, 2.05) is 33.1 Å². The Labute approximate surface area is 112 Å². The van der Waals surface area contributed by atoms with Crippen LogP contribution in [0.25, 0.3) is 0 Å². The van der Waals surface area contributed by atoms with Gasteiger partial charge in [-0.05, 0) is 27.7 Å². The van der Waals surface area contributed by atoms with Crippen LogP contribution in [-0.2, 0) is 11.3 Å². The summed E-state index contributed by atoms with van der Waals surface area (Å²) in [6.07, 6.45) is -0.384. The second kappa shape index (κ2) is 6.70. The molecule has 0 aliphatic rings. The number of rotatable bonds is 5. The molecule has 0 bridgehead atoms. The van der Waals surface area contributed by atoms with E-state index in [1.165, 1.54) is 0 Å². The first-order valence-corrected chi connectivity index (χ1v) is 6.88. The summed E-state index contributed by atoms with van der Waals surface area (Å²) in [4.78, 5) is 15.7. The van der Waals surface area contributed by atoms with Gasteiger partial charge in [-0.25, -0.2) is 9.78 Å². The quantitative estimate of drug-likeness (QED) is 0.861. The number of nitrogens with one attached hydrogen (secondary N) is 2. The number of ether oxygens (including phenoxy) is 1. The smallest absolute Gasteiger partial charge is 0.407 e. The van der Waals surface area contributed by atoms with Gasteiger partial charge in [0.25, 0.3) is 0 Å². The second-order valence-corrected chi connectivity index (χ2v) is 5.88. The van der Waals surface area contributed by atoms with Crippen molar-refractivity contribution in [2.24, 2.45) is 0 Å². The van der Waals surface area contributed by atoms with E-state index in [4.69, 9.17) is 4.74 Å². The van der Waals surface area contributed by atoms with Crippen LogP contribution in [0.1, 0.15) is 33.4 Å². The molecule has 1 unspecified atom stereocenters. The number of alkyl carbamates (subject to hydrolysis) is 1. The molecule has 102 valence electrons. The molecule has 18 heavy (non-hydrogen) atoms. The number of hydrogen-bond acceptors (Lipinski definition) is 5. The van der Waals surface area contributed by atoms with Crippen molar-refractivity contribution in [2.45, 2.75) is 45.9 Å². The minimum absolute atomic E-state index is 0.0125. The van der Waals surface area contributed by atoms with Gasteiger partial charge in [0.2, 0.25) is 0 Å². The lowest BCUT2D eigenvalue weighted by molar-refractivity contribution is 0.0508. The zero-order valence-corrected chi connectivity index (χ0v) is 12.1. The number of nitrogens with zero attached hydrogens (tertiary/aromatic N) is 1. The summed E-state index contributed by atoms with van der Waals surface area (Å²) in [7, 11) is 0. The molecular weight excluding hydrogens is 250 g/mol. The van der Waals surface area contributed by atoms with Crippen LogP contribution in [0.4, 0.5) is 4.79 Å². The van der Waals surface area contributed by atoms with Crippen LogP contribution in [-0.4, -0.2) is 29.3 Å². The van der Waals surface area contributed by atoms with Crippen molar-refractivity contribution in [2.75, 3.05) is 6.54 Å². The lowest BCUT2D eigenvalue weighted by Crippen LogP contribution is -2.42. The van der Waals surface area contributed by atoms with Crippen molar-refractivity contribution in [1.29, 1.82) is 0 Å². The molecule has 1 atom stereocenters. The SMILES string of the molecule is CC(CNCc1cscn1)NC(=O)OC(C)(C)C. The summed E-state index contributed by atoms with van der Waals surface area (Å²) in [5, 5.41) is 8.00. The van der Waals surface area contributed by atoms with Crippen molar-refractivity contribution >= 4 is 17.4 Å². The molecule has 2 N–H and O–H groups in total. The molecule has 0 saturated heterocycles. The predicted octanol–water partition coefficient (Wildman–Crippen LogP) is 2.15. The Morgan fingerprint density at radius 1 is 1.56 bits per heavy atom. The Balaban J connectivity index is 2.17. The topological polar surface area (TPSA) is 63.2 Å². The second-order valence-electron chi connectivity index (χ2n) is 5.16. The highest BCUT2D eigenvalue weighted by molar-refractivity contribution is 7.07. The van der Waals surface area contributed by atoms with Crippen molar-refractivity contribution in [3.8, 4) is 0 Å². The number of hydrogen-bond donors (Lipinski definition) is 2. The van der Waals surface area contributed by atoms with Gasteiger partial charge >= 0.3 is 6.09 Å². The molecule has 1 amide bonds. The summed E-state index contributed by atoms with van der Waals surface area (Å²) in [5.74, 6) is 0. The van der Waals surface area contributed by atoms with Crippen molar-refractivity contribution in [3.63, 3.8) is 0 Å². The number of amides is 1. The Kier molecular flexibility index (Phi) is 5.55. The normalized spacial score (nSPS) is 13.1. The fourth-order valence-electron chi connectivity index (χ4n) is 1.30. The molecule has 1 heterocycles. The highest BCUT2D eigenvalue weighted by Gasteiger charge is 2.17. The molecule has 1 aromatic heterocycles. The Morgan fingerprint density at radius 3 is 2.83 bits per heavy atom. The summed E-state index contributed by atoms with van der Waals surface area (Å²) >= 11 is 1.57. The molecule has 1 rings (SSSR count). The maximum absolute atomic E-state index is 11.5. The van der Waals surface area contributed by atoms with E-state index in [9.17, 15) is 4.79 Å². The van der Waals surface area contributed by atoms with E-state index < -0.39 is 5.60 Å². The molecule has 0 saturated carbocycles. The van der Waals surface area contributed by atoms with Crippen LogP contribution < -0.4 is 10.6 Å². The minimum Gasteiger partial charge on any atom is -0.444 e. The number of aromatic nitrogens is 1. The molecule has 0 aliphatic carbocycles. The summed E-state index contributed by atoms with van der Waals surface area (Å²) in [5.41, 5.74) is 2.36. The summed E-state index contributed by atoms with van der Waals surface area (Å²) in [6.45, 7) is 8.85. The van der Waals surface area contributed by atoms with E-state index in [0.29, 0.717) is 13.1 Å². The van der Waals surface area contributed by atoms with Crippen LogP contribution in [0, 0.1) is 0 Å². The average molecular weight is 271 g/mol. The van der Waals surface area contributed by atoms with Crippen molar-refractivity contribution in [1.82, 2.24) is 15.6 Å². The van der Waals surface area contributed by atoms with Gasteiger partial charge in [0.05, 0.1) is 11.2 Å². The van der Waals surface area contributed by atoms with Crippen LogP contribution in [0.3, 0.4) is 0 Å². The van der Waals surface area contributed by atoms with Gasteiger partial charge < -0.3 is 15.4 Å². The largest absolute Gasteiger partial charge is 0.444 e. The summed E-state index contributed by atoms with van der Waals surface area (Å²) < 4.78 is 5.17. The molecule has 6 heteroatoms. The Hall–Kier alpha value is -1.14. The standard InChI is InChI=1S/C12H21N3O2S/c1-9(15-11(16)17-12(2,3)4)5-13-6-10-7-18-8-14-10/h7-9,13H,5-6H2,1-4H3,(H,15,16). The van der Waals surface area contributed by atoms with E-state index in [-0.39, 0.29) is 12.1 Å². The maximum atomic E-state index is 11.5. The third-order valence-corrected chi connectivity index (χ3v) is 2.64. The zero-order chi connectivity index (χ0) is 13.6. The number of carbonyl (C=O) groups excluding carboxylic acids is 1. The van der Waals surface area contributed by atoms with Gasteiger partial charge in [0, 0.05) is 24.5 Å². The van der Waals surface area contributed by atoms with Gasteiger partial charge in [0.15, 0.2) is 0 Å². The molecule has 1 aromatic rings. The lowest BCUT2D eigenvalue weighted by atomic mass is 10.2. The fraction of sp³-hybridized carbons (Fsp3) is 0.667. The van der Waals surface area contributed by atoms with Crippen LogP contribution in [0.15, 0.2) is 10.9 Å². The number of thiazole rings is 1. The minimum atomic E-state index is -0.460. The first-order chi connectivity index (χ1) is 8.37. The van der Waals surface area contributed by atoms with Gasteiger partial charge in [-0.2, -0.15) is 0 Å². The average Bonchev–Trinajstić information content (AvgIpc) is 2.66. The van der Waals surface area contributed by atoms with Gasteiger partial charge in [0.1, 0.15) is 5.60 Å². The molecule has 0 fully saturated rings. The Bertz CT molecular complexity index is 360. The van der Waals surface area contributed by atoms with Crippen molar-refractivity contribution < 1.29 is 9.53 Å². The molecule has 0 radical (unpaired) electrons. The lowest BCUT2D eigenvalue weighted by Gasteiger charge is -2.22. The number of carbonyl (C=O) groups is 1. The highest BCUT2D eigenvalue weighted by atomic mass is 32.1. The predicted molar refractivity (Wildman–Crippen MR) is 72.7 cm³/mol. The van der Waals surface area contributed by atoms with E-state index >= 15 is 0 Å². The van der Waals surface area contributed by atoms with E-state index in [2.05, 4.69) is 15.6 Å². The van der Waals surface area contributed by atoms with E-state index in [0.717, 1.165) is 5.69 Å². The molecule has 0 spiro atoms. The maximum Gasteiger partial charge on any atom is 0.407 e. The fourth-order valence-corrected chi connectivity index (χ4v) is 1.86. The third-order valence-electron chi connectivity index (χ3n) is 2.00. The molecular formula is C12H21N3O2S. The first-order valence-electron chi connectivity index (χ1n) is 5.94. The monoisotopic (exact) mass is 271 g/mol. The van der Waals surface area contributed by atoms with Crippen LogP contribution in [0.5, 0.6) is 0 Å². The van der Waals surface area contributed by atoms with Crippen molar-refractivity contribution in [3.05, 3.63) is 16.6 Å². The van der Waals surface area contributed by atoms with Gasteiger partial charge in [-0.15, -0.1) is 11.3 Å². The third kappa shape index (κ3) is 6.56. The van der Waals surface area contributed by atoms with E-state index in [1.54, 1.807) is 16.8 Å². The van der Waals surface area contributed by atoms with Crippen LogP contribution >= 0.6 is 11.3 Å². The molecule has 0 aliphatic heterocycles. The van der Waals surface area contributed by atoms with Crippen LogP contribution in [0.2, 0.25) is 0 Å². The van der Waals surface area contributed by atoms with Gasteiger partial charge in [-0.1, -0.05) is 0 Å². The molecule has 5 nitrogen and oxygen atoms in total. The first kappa shape index (κ1) is 14.9. The van der Waals surface area contributed by atoms with Gasteiger partial charge in [-0.3, -0.25) is 0 Å². The Morgan fingerprint density at radius 2 is 2.28 bits per heavy atom. The zero-order valence-electron chi connectivity index (χ0n) is 11.3. The molecule has 0 aromatic carbocycles.